The summed E-state index contributed by atoms with van der Waals surface area (Å²) in [5.41, 5.74) is 1.90. The van der Waals surface area contributed by atoms with Gasteiger partial charge in [0, 0.05) is 12.2 Å². The van der Waals surface area contributed by atoms with Gasteiger partial charge in [-0.05, 0) is 33.3 Å². The number of aliphatic carboxylic acids is 1. The first-order chi connectivity index (χ1) is 12.3. The molecule has 1 amide bonds. The number of carbonyl (C=O) groups excluding carboxylic acids is 1. The lowest BCUT2D eigenvalue weighted by atomic mass is 10.1. The second kappa shape index (κ2) is 7.03. The Bertz CT molecular complexity index is 847. The van der Waals surface area contributed by atoms with Gasteiger partial charge in [0.15, 0.2) is 11.8 Å². The second-order valence-corrected chi connectivity index (χ2v) is 6.88. The molecule has 3 heterocycles. The van der Waals surface area contributed by atoms with E-state index >= 15 is 0 Å². The summed E-state index contributed by atoms with van der Waals surface area (Å²) in [6.45, 7) is 8.11. The van der Waals surface area contributed by atoms with Gasteiger partial charge in [-0.15, -0.1) is 0 Å². The first-order valence-electron chi connectivity index (χ1n) is 8.84. The third-order valence-corrected chi connectivity index (χ3v) is 4.76. The Morgan fingerprint density at radius 1 is 1.42 bits per heavy atom. The van der Waals surface area contributed by atoms with E-state index in [2.05, 4.69) is 23.9 Å². The van der Waals surface area contributed by atoms with Crippen molar-refractivity contribution in [3.05, 3.63) is 23.5 Å². The molecule has 26 heavy (non-hydrogen) atoms. The summed E-state index contributed by atoms with van der Waals surface area (Å²) < 4.78 is 7.24. The van der Waals surface area contributed by atoms with Crippen LogP contribution in [0.2, 0.25) is 0 Å². The van der Waals surface area contributed by atoms with Gasteiger partial charge in [-0.3, -0.25) is 4.79 Å². The largest absolute Gasteiger partial charge is 0.479 e. The van der Waals surface area contributed by atoms with E-state index in [1.54, 1.807) is 24.1 Å². The second-order valence-electron chi connectivity index (χ2n) is 6.88. The molecule has 1 aliphatic rings. The zero-order valence-corrected chi connectivity index (χ0v) is 15.5. The molecule has 8 heteroatoms. The van der Waals surface area contributed by atoms with Crippen LogP contribution in [0.15, 0.2) is 12.3 Å². The van der Waals surface area contributed by atoms with Crippen LogP contribution in [0.5, 0.6) is 0 Å². The Labute approximate surface area is 151 Å². The fourth-order valence-electron chi connectivity index (χ4n) is 3.24. The van der Waals surface area contributed by atoms with Gasteiger partial charge in [0.2, 0.25) is 0 Å². The standard InChI is InChI=1S/C18H24N4O4/c1-5-11(3)22-16-14(7-19-22)13(6-10(2)20-16)17(23)21-8-12(4)26-15(9-21)18(24)25/h6-7,11-12,15H,5,8-9H2,1-4H3,(H,24,25)/t11?,12-,15?/m1/s1. The van der Waals surface area contributed by atoms with Crippen molar-refractivity contribution in [3.8, 4) is 0 Å². The van der Waals surface area contributed by atoms with Gasteiger partial charge < -0.3 is 14.7 Å². The van der Waals surface area contributed by atoms with Crippen molar-refractivity contribution in [1.29, 1.82) is 0 Å². The number of pyridine rings is 1. The molecule has 0 saturated carbocycles. The number of amides is 1. The molecule has 1 N–H and O–H groups in total. The Kier molecular flexibility index (Phi) is 4.95. The first kappa shape index (κ1) is 18.3. The van der Waals surface area contributed by atoms with Crippen LogP contribution in [0, 0.1) is 6.92 Å². The summed E-state index contributed by atoms with van der Waals surface area (Å²) in [7, 11) is 0. The minimum atomic E-state index is -1.06. The lowest BCUT2D eigenvalue weighted by molar-refractivity contribution is -0.160. The van der Waals surface area contributed by atoms with E-state index in [-0.39, 0.29) is 24.6 Å². The van der Waals surface area contributed by atoms with Crippen LogP contribution in [0.1, 0.15) is 49.3 Å². The average Bonchev–Trinajstić information content (AvgIpc) is 3.02. The van der Waals surface area contributed by atoms with Crippen molar-refractivity contribution in [1.82, 2.24) is 19.7 Å². The lowest BCUT2D eigenvalue weighted by Crippen LogP contribution is -2.51. The van der Waals surface area contributed by atoms with Crippen LogP contribution in [-0.2, 0) is 9.53 Å². The first-order valence-corrected chi connectivity index (χ1v) is 8.84. The van der Waals surface area contributed by atoms with Crippen LogP contribution < -0.4 is 0 Å². The predicted molar refractivity (Wildman–Crippen MR) is 95.1 cm³/mol. The van der Waals surface area contributed by atoms with Crippen molar-refractivity contribution in [2.45, 2.75) is 52.4 Å². The Morgan fingerprint density at radius 2 is 2.15 bits per heavy atom. The molecule has 3 rings (SSSR count). The van der Waals surface area contributed by atoms with Gasteiger partial charge in [-0.2, -0.15) is 5.10 Å². The van der Waals surface area contributed by atoms with E-state index in [0.717, 1.165) is 12.1 Å². The predicted octanol–water partition coefficient (Wildman–Crippen LogP) is 2.02. The third-order valence-electron chi connectivity index (χ3n) is 4.76. The van der Waals surface area contributed by atoms with E-state index in [1.807, 2.05) is 11.6 Å². The van der Waals surface area contributed by atoms with Crippen LogP contribution in [0.25, 0.3) is 11.0 Å². The monoisotopic (exact) mass is 360 g/mol. The van der Waals surface area contributed by atoms with Gasteiger partial charge in [0.1, 0.15) is 0 Å². The molecular weight excluding hydrogens is 336 g/mol. The topological polar surface area (TPSA) is 97.6 Å². The molecular formula is C18H24N4O4. The van der Waals surface area contributed by atoms with Gasteiger partial charge >= 0.3 is 5.97 Å². The van der Waals surface area contributed by atoms with Crippen molar-refractivity contribution in [2.75, 3.05) is 13.1 Å². The number of carboxylic acid groups (broad SMARTS) is 1. The molecule has 2 aromatic rings. The van der Waals surface area contributed by atoms with E-state index in [1.165, 1.54) is 0 Å². The maximum absolute atomic E-state index is 13.1. The molecule has 0 aliphatic carbocycles. The summed E-state index contributed by atoms with van der Waals surface area (Å²) >= 11 is 0. The van der Waals surface area contributed by atoms with E-state index < -0.39 is 12.1 Å². The number of rotatable bonds is 4. The number of carbonyl (C=O) groups is 2. The average molecular weight is 360 g/mol. The molecule has 0 aromatic carbocycles. The molecule has 8 nitrogen and oxygen atoms in total. The number of morpholine rings is 1. The smallest absolute Gasteiger partial charge is 0.334 e. The lowest BCUT2D eigenvalue weighted by Gasteiger charge is -2.35. The summed E-state index contributed by atoms with van der Waals surface area (Å²) in [6, 6.07) is 1.91. The number of hydrogen-bond donors (Lipinski definition) is 1. The zero-order valence-electron chi connectivity index (χ0n) is 15.5. The molecule has 1 fully saturated rings. The number of ether oxygens (including phenoxy) is 1. The summed E-state index contributed by atoms with van der Waals surface area (Å²) in [4.78, 5) is 30.5. The number of aryl methyl sites for hydroxylation is 1. The SMILES string of the molecule is CCC(C)n1ncc2c(C(=O)N3CC(C(=O)O)O[C@H](C)C3)cc(C)nc21. The van der Waals surface area contributed by atoms with Gasteiger partial charge in [-0.1, -0.05) is 6.92 Å². The Hall–Kier alpha value is -2.48. The Balaban J connectivity index is 2.00. The minimum absolute atomic E-state index is 0.0286. The normalized spacial score (nSPS) is 21.8. The molecule has 3 atom stereocenters. The summed E-state index contributed by atoms with van der Waals surface area (Å²) in [6.07, 6.45) is 1.22. The fourth-order valence-corrected chi connectivity index (χ4v) is 3.24. The van der Waals surface area contributed by atoms with Crippen molar-refractivity contribution >= 4 is 22.9 Å². The number of aromatic nitrogens is 3. The molecule has 0 bridgehead atoms. The number of fused-ring (bicyclic) bond motifs is 1. The van der Waals surface area contributed by atoms with Crippen molar-refractivity contribution in [2.24, 2.45) is 0 Å². The fraction of sp³-hybridized carbons (Fsp3) is 0.556. The number of nitrogens with zero attached hydrogens (tertiary/aromatic N) is 4. The number of hydrogen-bond acceptors (Lipinski definition) is 5. The molecule has 1 aliphatic heterocycles. The summed E-state index contributed by atoms with van der Waals surface area (Å²) in [5, 5.41) is 14.4. The van der Waals surface area contributed by atoms with Gasteiger partial charge in [0.25, 0.3) is 5.91 Å². The maximum atomic E-state index is 13.1. The zero-order chi connectivity index (χ0) is 19.0. The Morgan fingerprint density at radius 3 is 2.81 bits per heavy atom. The van der Waals surface area contributed by atoms with Crippen LogP contribution >= 0.6 is 0 Å². The molecule has 1 saturated heterocycles. The van der Waals surface area contributed by atoms with E-state index in [4.69, 9.17) is 4.74 Å². The minimum Gasteiger partial charge on any atom is -0.479 e. The maximum Gasteiger partial charge on any atom is 0.334 e. The third kappa shape index (κ3) is 3.29. The molecule has 140 valence electrons. The molecule has 2 unspecified atom stereocenters. The highest BCUT2D eigenvalue weighted by Gasteiger charge is 2.34. The van der Waals surface area contributed by atoms with Crippen LogP contribution in [0.3, 0.4) is 0 Å². The number of carboxylic acids is 1. The van der Waals surface area contributed by atoms with Crippen LogP contribution in [-0.4, -0.2) is 61.9 Å². The van der Waals surface area contributed by atoms with Crippen LogP contribution in [0.4, 0.5) is 0 Å². The quantitative estimate of drug-likeness (QED) is 0.896. The highest BCUT2D eigenvalue weighted by molar-refractivity contribution is 6.05. The van der Waals surface area contributed by atoms with E-state index in [9.17, 15) is 14.7 Å². The molecule has 0 radical (unpaired) electrons. The highest BCUT2D eigenvalue weighted by atomic mass is 16.5. The van der Waals surface area contributed by atoms with Gasteiger partial charge in [0.05, 0.1) is 35.8 Å². The van der Waals surface area contributed by atoms with E-state index in [0.29, 0.717) is 23.1 Å². The molecule has 2 aromatic heterocycles. The molecule has 0 spiro atoms. The highest BCUT2D eigenvalue weighted by Crippen LogP contribution is 2.24. The summed E-state index contributed by atoms with van der Waals surface area (Å²) in [5.74, 6) is -1.28. The van der Waals surface area contributed by atoms with Crippen molar-refractivity contribution in [3.63, 3.8) is 0 Å². The van der Waals surface area contributed by atoms with Gasteiger partial charge in [-0.25, -0.2) is 14.5 Å². The van der Waals surface area contributed by atoms with Crippen molar-refractivity contribution < 1.29 is 19.4 Å².